The zero-order valence-electron chi connectivity index (χ0n) is 10.1. The molecule has 0 unspecified atom stereocenters. The first-order valence-corrected chi connectivity index (χ1v) is 6.16. The van der Waals surface area contributed by atoms with Crippen LogP contribution in [0.3, 0.4) is 0 Å². The summed E-state index contributed by atoms with van der Waals surface area (Å²) in [5.74, 6) is -1.43. The third-order valence-corrected chi connectivity index (χ3v) is 3.22. The van der Waals surface area contributed by atoms with E-state index in [0.29, 0.717) is 6.54 Å². The SMILES string of the molecule is CC(C)N(CCC#N)C(=O)c1cnc(C(=O)O)s1. The second-order valence-corrected chi connectivity index (χ2v) is 4.87. The molecule has 18 heavy (non-hydrogen) atoms. The van der Waals surface area contributed by atoms with Gasteiger partial charge in [0, 0.05) is 12.6 Å². The molecule has 96 valence electrons. The molecule has 0 aliphatic rings. The first-order valence-electron chi connectivity index (χ1n) is 5.34. The van der Waals surface area contributed by atoms with Crippen molar-refractivity contribution in [2.75, 3.05) is 6.54 Å². The average molecular weight is 267 g/mol. The summed E-state index contributed by atoms with van der Waals surface area (Å²) >= 11 is 0.844. The van der Waals surface area contributed by atoms with Gasteiger partial charge < -0.3 is 10.0 Å². The van der Waals surface area contributed by atoms with Crippen LogP contribution >= 0.6 is 11.3 Å². The van der Waals surface area contributed by atoms with Gasteiger partial charge in [0.05, 0.1) is 18.7 Å². The molecule has 0 aromatic carbocycles. The zero-order chi connectivity index (χ0) is 13.7. The lowest BCUT2D eigenvalue weighted by Crippen LogP contribution is -2.37. The number of carboxylic acids is 1. The lowest BCUT2D eigenvalue weighted by molar-refractivity contribution is 0.0693. The topological polar surface area (TPSA) is 94.3 Å². The molecule has 0 radical (unpaired) electrons. The van der Waals surface area contributed by atoms with Gasteiger partial charge in [-0.25, -0.2) is 9.78 Å². The molecule has 1 aromatic heterocycles. The van der Waals surface area contributed by atoms with Gasteiger partial charge in [0.1, 0.15) is 4.88 Å². The van der Waals surface area contributed by atoms with Crippen LogP contribution in [0.4, 0.5) is 0 Å². The van der Waals surface area contributed by atoms with Crippen LogP contribution in [0.2, 0.25) is 0 Å². The van der Waals surface area contributed by atoms with Gasteiger partial charge >= 0.3 is 5.97 Å². The van der Waals surface area contributed by atoms with Crippen molar-refractivity contribution in [3.8, 4) is 6.07 Å². The van der Waals surface area contributed by atoms with Crippen molar-refractivity contribution in [3.05, 3.63) is 16.1 Å². The van der Waals surface area contributed by atoms with Crippen LogP contribution < -0.4 is 0 Å². The summed E-state index contributed by atoms with van der Waals surface area (Å²) in [5.41, 5.74) is 0. The van der Waals surface area contributed by atoms with Gasteiger partial charge in [-0.2, -0.15) is 5.26 Å². The highest BCUT2D eigenvalue weighted by molar-refractivity contribution is 7.15. The van der Waals surface area contributed by atoms with Crippen molar-refractivity contribution in [2.24, 2.45) is 0 Å². The van der Waals surface area contributed by atoms with Crippen LogP contribution in [0.15, 0.2) is 6.20 Å². The number of carboxylic acid groups (broad SMARTS) is 1. The molecule has 1 heterocycles. The Bertz CT molecular complexity index is 490. The van der Waals surface area contributed by atoms with Gasteiger partial charge in [-0.15, -0.1) is 11.3 Å². The highest BCUT2D eigenvalue weighted by Gasteiger charge is 2.22. The van der Waals surface area contributed by atoms with E-state index in [1.807, 2.05) is 19.9 Å². The summed E-state index contributed by atoms with van der Waals surface area (Å²) in [4.78, 5) is 28.3. The number of aromatic carboxylic acids is 1. The average Bonchev–Trinajstić information content (AvgIpc) is 2.78. The van der Waals surface area contributed by atoms with E-state index < -0.39 is 5.97 Å². The highest BCUT2D eigenvalue weighted by atomic mass is 32.1. The van der Waals surface area contributed by atoms with E-state index in [1.54, 1.807) is 0 Å². The molecular weight excluding hydrogens is 254 g/mol. The zero-order valence-corrected chi connectivity index (χ0v) is 10.9. The van der Waals surface area contributed by atoms with Gasteiger partial charge in [0.25, 0.3) is 5.91 Å². The summed E-state index contributed by atoms with van der Waals surface area (Å²) in [6, 6.07) is 1.93. The first kappa shape index (κ1) is 14.1. The maximum absolute atomic E-state index is 12.1. The van der Waals surface area contributed by atoms with E-state index in [0.717, 1.165) is 11.3 Å². The number of hydrogen-bond acceptors (Lipinski definition) is 5. The van der Waals surface area contributed by atoms with E-state index in [-0.39, 0.29) is 28.3 Å². The van der Waals surface area contributed by atoms with Gasteiger partial charge in [-0.3, -0.25) is 4.79 Å². The Labute approximate surface area is 108 Å². The number of carbonyl (C=O) groups is 2. The van der Waals surface area contributed by atoms with Gasteiger partial charge in [-0.05, 0) is 13.8 Å². The fourth-order valence-electron chi connectivity index (χ4n) is 1.38. The van der Waals surface area contributed by atoms with Crippen molar-refractivity contribution >= 4 is 23.2 Å². The predicted molar refractivity (Wildman–Crippen MR) is 65.5 cm³/mol. The Hall–Kier alpha value is -1.94. The molecule has 1 amide bonds. The van der Waals surface area contributed by atoms with Crippen LogP contribution in [-0.4, -0.2) is 39.5 Å². The summed E-state index contributed by atoms with van der Waals surface area (Å²) in [5, 5.41) is 17.2. The molecule has 1 rings (SSSR count). The molecule has 0 aliphatic heterocycles. The molecule has 0 spiro atoms. The molecule has 0 atom stereocenters. The summed E-state index contributed by atoms with van der Waals surface area (Å²) < 4.78 is 0. The molecule has 1 N–H and O–H groups in total. The third kappa shape index (κ3) is 3.28. The van der Waals surface area contributed by atoms with Crippen LogP contribution in [0.5, 0.6) is 0 Å². The number of amides is 1. The number of thiazole rings is 1. The molecule has 0 saturated heterocycles. The minimum absolute atomic E-state index is 0.0544. The normalized spacial score (nSPS) is 10.1. The third-order valence-electron chi connectivity index (χ3n) is 2.25. The minimum Gasteiger partial charge on any atom is -0.476 e. The number of nitrogens with zero attached hydrogens (tertiary/aromatic N) is 3. The molecule has 6 nitrogen and oxygen atoms in total. The Morgan fingerprint density at radius 2 is 2.28 bits per heavy atom. The van der Waals surface area contributed by atoms with Gasteiger partial charge in [0.2, 0.25) is 5.01 Å². The minimum atomic E-state index is -1.15. The van der Waals surface area contributed by atoms with Crippen molar-refractivity contribution in [1.82, 2.24) is 9.88 Å². The van der Waals surface area contributed by atoms with Crippen LogP contribution in [0, 0.1) is 11.3 Å². The van der Waals surface area contributed by atoms with E-state index >= 15 is 0 Å². The summed E-state index contributed by atoms with van der Waals surface area (Å²) in [6.07, 6.45) is 1.51. The van der Waals surface area contributed by atoms with Crippen molar-refractivity contribution in [1.29, 1.82) is 5.26 Å². The summed E-state index contributed by atoms with van der Waals surface area (Å²) in [7, 11) is 0. The maximum atomic E-state index is 12.1. The Balaban J connectivity index is 2.88. The molecule has 7 heteroatoms. The number of aromatic nitrogens is 1. The van der Waals surface area contributed by atoms with Crippen molar-refractivity contribution in [2.45, 2.75) is 26.3 Å². The van der Waals surface area contributed by atoms with Crippen LogP contribution in [0.1, 0.15) is 39.7 Å². The smallest absolute Gasteiger partial charge is 0.365 e. The van der Waals surface area contributed by atoms with Crippen molar-refractivity contribution in [3.63, 3.8) is 0 Å². The predicted octanol–water partition coefficient (Wildman–Crippen LogP) is 1.61. The van der Waals surface area contributed by atoms with E-state index in [4.69, 9.17) is 10.4 Å². The Kier molecular flexibility index (Phi) is 4.80. The van der Waals surface area contributed by atoms with Crippen molar-refractivity contribution < 1.29 is 14.7 Å². The van der Waals surface area contributed by atoms with Crippen LogP contribution in [0.25, 0.3) is 0 Å². The second kappa shape index (κ2) is 6.12. The van der Waals surface area contributed by atoms with Gasteiger partial charge in [-0.1, -0.05) is 0 Å². The van der Waals surface area contributed by atoms with Crippen LogP contribution in [-0.2, 0) is 0 Å². The quantitative estimate of drug-likeness (QED) is 0.874. The van der Waals surface area contributed by atoms with E-state index in [2.05, 4.69) is 4.98 Å². The Morgan fingerprint density at radius 1 is 1.61 bits per heavy atom. The highest BCUT2D eigenvalue weighted by Crippen LogP contribution is 2.17. The fraction of sp³-hybridized carbons (Fsp3) is 0.455. The van der Waals surface area contributed by atoms with Gasteiger partial charge in [0.15, 0.2) is 0 Å². The lowest BCUT2D eigenvalue weighted by atomic mass is 10.2. The molecule has 0 bridgehead atoms. The standard InChI is InChI=1S/C11H13N3O3S/c1-7(2)14(5-3-4-12)10(15)8-6-13-9(18-8)11(16)17/h6-7H,3,5H2,1-2H3,(H,16,17). The number of hydrogen-bond donors (Lipinski definition) is 1. The molecular formula is C11H13N3O3S. The molecule has 0 aliphatic carbocycles. The summed E-state index contributed by atoms with van der Waals surface area (Å²) in [6.45, 7) is 4.01. The largest absolute Gasteiger partial charge is 0.476 e. The number of carbonyl (C=O) groups excluding carboxylic acids is 1. The second-order valence-electron chi connectivity index (χ2n) is 3.84. The fourth-order valence-corrected chi connectivity index (χ4v) is 2.09. The molecule has 1 aromatic rings. The molecule has 0 saturated carbocycles. The molecule has 0 fully saturated rings. The van der Waals surface area contributed by atoms with E-state index in [9.17, 15) is 9.59 Å². The maximum Gasteiger partial charge on any atom is 0.365 e. The van der Waals surface area contributed by atoms with E-state index in [1.165, 1.54) is 11.1 Å². The lowest BCUT2D eigenvalue weighted by Gasteiger charge is -2.24. The Morgan fingerprint density at radius 3 is 2.72 bits per heavy atom. The first-order chi connectivity index (χ1) is 8.47. The monoisotopic (exact) mass is 267 g/mol. The number of rotatable bonds is 5. The number of nitriles is 1.